The van der Waals surface area contributed by atoms with Crippen molar-refractivity contribution in [3.05, 3.63) is 0 Å². The van der Waals surface area contributed by atoms with Gasteiger partial charge in [-0.25, -0.2) is 4.79 Å². The lowest BCUT2D eigenvalue weighted by atomic mass is 10.7. The van der Waals surface area contributed by atoms with E-state index >= 15 is 0 Å². The molecule has 0 unspecified atom stereocenters. The molecule has 0 aromatic rings. The summed E-state index contributed by atoms with van der Waals surface area (Å²) in [5.74, 6) is 1.45. The summed E-state index contributed by atoms with van der Waals surface area (Å²) < 4.78 is 4.81. The van der Waals surface area contributed by atoms with E-state index in [4.69, 9.17) is 4.74 Å². The van der Waals surface area contributed by atoms with Gasteiger partial charge >= 0.3 is 5.30 Å². The van der Waals surface area contributed by atoms with Crippen LogP contribution in [-0.2, 0) is 4.74 Å². The molecule has 0 fully saturated rings. The molecule has 0 saturated heterocycles. The van der Waals surface area contributed by atoms with Crippen molar-refractivity contribution in [3.8, 4) is 0 Å². The van der Waals surface area contributed by atoms with Gasteiger partial charge in [0.25, 0.3) is 5.24 Å². The first-order valence-electron chi connectivity index (χ1n) is 4.40. The van der Waals surface area contributed by atoms with Gasteiger partial charge in [0.2, 0.25) is 0 Å². The minimum atomic E-state index is -0.287. The molecule has 0 aromatic carbocycles. The van der Waals surface area contributed by atoms with Crippen LogP contribution in [0.15, 0.2) is 0 Å². The molecule has 0 aliphatic rings. The summed E-state index contributed by atoms with van der Waals surface area (Å²) in [7, 11) is 0. The van der Waals surface area contributed by atoms with Crippen LogP contribution in [0.25, 0.3) is 0 Å². The Hall–Kier alpha value is -0.360. The number of ether oxygens (including phenoxy) is 1. The molecule has 0 rings (SSSR count). The van der Waals surface area contributed by atoms with Crippen LogP contribution in [0.3, 0.4) is 0 Å². The highest BCUT2D eigenvalue weighted by Crippen LogP contribution is 2.03. The van der Waals surface area contributed by atoms with E-state index in [1.807, 2.05) is 13.8 Å². The smallest absolute Gasteiger partial charge is 0.367 e. The van der Waals surface area contributed by atoms with E-state index in [1.54, 1.807) is 0 Å². The molecule has 4 nitrogen and oxygen atoms in total. The monoisotopic (exact) mass is 237 g/mol. The molecule has 0 atom stereocenters. The van der Waals surface area contributed by atoms with Crippen LogP contribution >= 0.6 is 23.5 Å². The second-order valence-electron chi connectivity index (χ2n) is 2.18. The topological polar surface area (TPSA) is 55.4 Å². The SMILES string of the molecule is CCSC(=O)NCCOC(=O)SCC. The van der Waals surface area contributed by atoms with Crippen molar-refractivity contribution in [1.29, 1.82) is 0 Å². The Bertz CT molecular complexity index is 167. The molecule has 14 heavy (non-hydrogen) atoms. The van der Waals surface area contributed by atoms with Crippen molar-refractivity contribution in [2.24, 2.45) is 0 Å². The van der Waals surface area contributed by atoms with Gasteiger partial charge in [0.15, 0.2) is 0 Å². The van der Waals surface area contributed by atoms with Crippen LogP contribution < -0.4 is 5.32 Å². The molecule has 1 amide bonds. The number of carbonyl (C=O) groups excluding carboxylic acids is 2. The second kappa shape index (κ2) is 9.21. The third-order valence-electron chi connectivity index (χ3n) is 1.13. The summed E-state index contributed by atoms with van der Waals surface area (Å²) in [5.41, 5.74) is 0. The van der Waals surface area contributed by atoms with Crippen molar-refractivity contribution in [2.45, 2.75) is 13.8 Å². The molecule has 0 saturated carbocycles. The molecule has 0 bridgehead atoms. The molecular formula is C8H15NO3S2. The van der Waals surface area contributed by atoms with Gasteiger partial charge in [0.1, 0.15) is 6.61 Å². The summed E-state index contributed by atoms with van der Waals surface area (Å²) in [4.78, 5) is 21.8. The average Bonchev–Trinajstić information content (AvgIpc) is 2.13. The normalized spacial score (nSPS) is 9.57. The molecule has 0 aliphatic carbocycles. The first-order valence-corrected chi connectivity index (χ1v) is 6.38. The number of rotatable bonds is 5. The fourth-order valence-corrected chi connectivity index (χ4v) is 1.50. The Morgan fingerprint density at radius 3 is 2.43 bits per heavy atom. The summed E-state index contributed by atoms with van der Waals surface area (Å²) in [5, 5.41) is 2.25. The lowest BCUT2D eigenvalue weighted by Gasteiger charge is -2.04. The number of hydrogen-bond donors (Lipinski definition) is 1. The fraction of sp³-hybridized carbons (Fsp3) is 0.750. The van der Waals surface area contributed by atoms with Crippen molar-refractivity contribution in [2.75, 3.05) is 24.7 Å². The third kappa shape index (κ3) is 8.25. The van der Waals surface area contributed by atoms with E-state index in [9.17, 15) is 9.59 Å². The lowest BCUT2D eigenvalue weighted by Crippen LogP contribution is -2.24. The average molecular weight is 237 g/mol. The number of amides is 1. The van der Waals surface area contributed by atoms with Gasteiger partial charge in [-0.05, 0) is 17.5 Å². The van der Waals surface area contributed by atoms with Crippen molar-refractivity contribution in [1.82, 2.24) is 5.32 Å². The van der Waals surface area contributed by atoms with Gasteiger partial charge < -0.3 is 10.1 Å². The van der Waals surface area contributed by atoms with E-state index in [0.717, 1.165) is 17.5 Å². The maximum absolute atomic E-state index is 10.9. The largest absolute Gasteiger partial charge is 0.456 e. The van der Waals surface area contributed by atoms with E-state index in [0.29, 0.717) is 12.3 Å². The third-order valence-corrected chi connectivity index (χ3v) is 2.47. The quantitative estimate of drug-likeness (QED) is 0.587. The van der Waals surface area contributed by atoms with Crippen molar-refractivity contribution in [3.63, 3.8) is 0 Å². The van der Waals surface area contributed by atoms with Crippen LogP contribution in [0, 0.1) is 0 Å². The first kappa shape index (κ1) is 13.6. The summed E-state index contributed by atoms with van der Waals surface area (Å²) in [6.45, 7) is 4.40. The first-order chi connectivity index (χ1) is 6.70. The maximum Gasteiger partial charge on any atom is 0.367 e. The maximum atomic E-state index is 10.9. The molecule has 0 aliphatic heterocycles. The molecule has 0 spiro atoms. The standard InChI is InChI=1S/C8H15NO3S2/c1-3-13-7(10)9-5-6-12-8(11)14-4-2/h3-6H2,1-2H3,(H,9,10). The zero-order chi connectivity index (χ0) is 10.8. The molecule has 1 N–H and O–H groups in total. The zero-order valence-corrected chi connectivity index (χ0v) is 10.0. The predicted molar refractivity (Wildman–Crippen MR) is 61.0 cm³/mol. The highest BCUT2D eigenvalue weighted by atomic mass is 32.2. The van der Waals surface area contributed by atoms with Gasteiger partial charge in [-0.1, -0.05) is 25.6 Å². The van der Waals surface area contributed by atoms with E-state index in [2.05, 4.69) is 5.32 Å². The van der Waals surface area contributed by atoms with E-state index in [-0.39, 0.29) is 17.1 Å². The zero-order valence-electron chi connectivity index (χ0n) is 8.37. The van der Waals surface area contributed by atoms with Crippen LogP contribution in [0.5, 0.6) is 0 Å². The van der Waals surface area contributed by atoms with E-state index in [1.165, 1.54) is 11.8 Å². The Morgan fingerprint density at radius 1 is 1.21 bits per heavy atom. The van der Waals surface area contributed by atoms with Gasteiger partial charge in [-0.15, -0.1) is 0 Å². The van der Waals surface area contributed by atoms with Gasteiger partial charge in [-0.3, -0.25) is 4.79 Å². The summed E-state index contributed by atoms with van der Waals surface area (Å²) in [6, 6.07) is 0. The molecule has 0 aromatic heterocycles. The molecular weight excluding hydrogens is 222 g/mol. The fourth-order valence-electron chi connectivity index (χ4n) is 0.629. The molecule has 6 heteroatoms. The highest BCUT2D eigenvalue weighted by molar-refractivity contribution is 8.13. The van der Waals surface area contributed by atoms with Crippen LogP contribution in [0.2, 0.25) is 0 Å². The van der Waals surface area contributed by atoms with Gasteiger partial charge in [0.05, 0.1) is 6.54 Å². The van der Waals surface area contributed by atoms with Crippen LogP contribution in [0.1, 0.15) is 13.8 Å². The number of nitrogens with one attached hydrogen (secondary N) is 1. The van der Waals surface area contributed by atoms with E-state index < -0.39 is 0 Å². The minimum Gasteiger partial charge on any atom is -0.456 e. The number of thioether (sulfide) groups is 2. The summed E-state index contributed by atoms with van der Waals surface area (Å²) in [6.07, 6.45) is 0. The second-order valence-corrected chi connectivity index (χ2v) is 4.61. The molecule has 0 radical (unpaired) electrons. The molecule has 0 heterocycles. The Labute approximate surface area is 92.5 Å². The molecule has 82 valence electrons. The van der Waals surface area contributed by atoms with Crippen molar-refractivity contribution < 1.29 is 14.3 Å². The predicted octanol–water partition coefficient (Wildman–Crippen LogP) is 2.34. The van der Waals surface area contributed by atoms with Crippen LogP contribution in [0.4, 0.5) is 9.59 Å². The Morgan fingerprint density at radius 2 is 1.86 bits per heavy atom. The summed E-state index contributed by atoms with van der Waals surface area (Å²) >= 11 is 2.33. The lowest BCUT2D eigenvalue weighted by molar-refractivity contribution is 0.176. The van der Waals surface area contributed by atoms with Crippen molar-refractivity contribution >= 4 is 34.1 Å². The Balaban J connectivity index is 3.28. The minimum absolute atomic E-state index is 0.0771. The van der Waals surface area contributed by atoms with Gasteiger partial charge in [-0.2, -0.15) is 0 Å². The van der Waals surface area contributed by atoms with Crippen LogP contribution in [-0.4, -0.2) is 35.2 Å². The number of hydrogen-bond acceptors (Lipinski definition) is 5. The van der Waals surface area contributed by atoms with Gasteiger partial charge in [0, 0.05) is 5.75 Å². The highest BCUT2D eigenvalue weighted by Gasteiger charge is 2.02. The Kier molecular flexibility index (Phi) is 8.97. The number of carbonyl (C=O) groups is 2.